The van der Waals surface area contributed by atoms with E-state index in [2.05, 4.69) is 10.6 Å². The van der Waals surface area contributed by atoms with Crippen LogP contribution >= 0.6 is 0 Å². The third kappa shape index (κ3) is 3.04. The Morgan fingerprint density at radius 2 is 1.88 bits per heavy atom. The van der Waals surface area contributed by atoms with Crippen molar-refractivity contribution in [3.05, 3.63) is 65.2 Å². The number of rotatable bonds is 3. The highest BCUT2D eigenvalue weighted by Crippen LogP contribution is 2.33. The quantitative estimate of drug-likeness (QED) is 0.912. The van der Waals surface area contributed by atoms with E-state index >= 15 is 0 Å². The molecule has 1 heterocycles. The van der Waals surface area contributed by atoms with Crippen LogP contribution < -0.4 is 10.6 Å². The Hall–Kier alpha value is -2.62. The van der Waals surface area contributed by atoms with Crippen molar-refractivity contribution in [3.8, 4) is 0 Å². The van der Waals surface area contributed by atoms with Gasteiger partial charge in [-0.2, -0.15) is 0 Å². The molecule has 0 aromatic heterocycles. The molecule has 1 aliphatic heterocycles. The van der Waals surface area contributed by atoms with Crippen LogP contribution in [-0.4, -0.2) is 18.4 Å². The van der Waals surface area contributed by atoms with E-state index in [1.165, 1.54) is 0 Å². The number of nitrogens with one attached hydrogen (secondary N) is 2. The number of aryl methyl sites for hydroxylation is 2. The van der Waals surface area contributed by atoms with E-state index in [1.54, 1.807) is 0 Å². The maximum atomic E-state index is 13.2. The van der Waals surface area contributed by atoms with Gasteiger partial charge in [0.05, 0.1) is 5.41 Å². The molecule has 4 heteroatoms. The van der Waals surface area contributed by atoms with E-state index in [-0.39, 0.29) is 11.8 Å². The number of hydrogen-bond donors (Lipinski definition) is 2. The topological polar surface area (TPSA) is 58.2 Å². The Labute approximate surface area is 142 Å². The summed E-state index contributed by atoms with van der Waals surface area (Å²) in [7, 11) is 0. The minimum atomic E-state index is -0.731. The predicted molar refractivity (Wildman–Crippen MR) is 94.9 cm³/mol. The first kappa shape index (κ1) is 16.2. The first-order valence-corrected chi connectivity index (χ1v) is 8.22. The van der Waals surface area contributed by atoms with Crippen molar-refractivity contribution in [3.63, 3.8) is 0 Å². The molecule has 2 N–H and O–H groups in total. The number of benzene rings is 2. The van der Waals surface area contributed by atoms with E-state index in [9.17, 15) is 9.59 Å². The van der Waals surface area contributed by atoms with E-state index in [0.717, 1.165) is 22.4 Å². The fourth-order valence-electron chi connectivity index (χ4n) is 3.19. The highest BCUT2D eigenvalue weighted by molar-refractivity contribution is 6.01. The molecule has 3 rings (SSSR count). The van der Waals surface area contributed by atoms with Gasteiger partial charge < -0.3 is 10.6 Å². The number of piperidine rings is 1. The van der Waals surface area contributed by atoms with Crippen molar-refractivity contribution in [2.45, 2.75) is 32.1 Å². The molecule has 1 aliphatic rings. The van der Waals surface area contributed by atoms with Crippen LogP contribution in [0.5, 0.6) is 0 Å². The van der Waals surface area contributed by atoms with Gasteiger partial charge in [-0.1, -0.05) is 42.5 Å². The molecular weight excluding hydrogens is 300 g/mol. The second-order valence-electron chi connectivity index (χ2n) is 6.50. The molecule has 1 atom stereocenters. The van der Waals surface area contributed by atoms with Crippen LogP contribution in [-0.2, 0) is 15.0 Å². The normalized spacial score (nSPS) is 20.3. The first-order valence-electron chi connectivity index (χ1n) is 8.22. The van der Waals surface area contributed by atoms with Crippen LogP contribution in [0.4, 0.5) is 5.69 Å². The highest BCUT2D eigenvalue weighted by atomic mass is 16.2. The van der Waals surface area contributed by atoms with Crippen LogP contribution in [0.3, 0.4) is 0 Å². The highest BCUT2D eigenvalue weighted by Gasteiger charge is 2.43. The summed E-state index contributed by atoms with van der Waals surface area (Å²) in [6.07, 6.45) is 0.870. The van der Waals surface area contributed by atoms with E-state index in [1.807, 2.05) is 62.4 Å². The third-order valence-corrected chi connectivity index (χ3v) is 4.77. The van der Waals surface area contributed by atoms with Gasteiger partial charge in [0.1, 0.15) is 0 Å². The molecule has 1 saturated heterocycles. The van der Waals surface area contributed by atoms with Gasteiger partial charge in [0.25, 0.3) is 0 Å². The molecule has 0 spiro atoms. The van der Waals surface area contributed by atoms with Crippen LogP contribution in [0, 0.1) is 13.8 Å². The minimum Gasteiger partial charge on any atom is -0.355 e. The molecule has 1 fully saturated rings. The molecule has 0 radical (unpaired) electrons. The summed E-state index contributed by atoms with van der Waals surface area (Å²) >= 11 is 0. The smallest absolute Gasteiger partial charge is 0.236 e. The van der Waals surface area contributed by atoms with Crippen molar-refractivity contribution >= 4 is 17.5 Å². The zero-order chi connectivity index (χ0) is 17.2. The van der Waals surface area contributed by atoms with Crippen LogP contribution in [0.1, 0.15) is 29.5 Å². The molecule has 2 aromatic rings. The summed E-state index contributed by atoms with van der Waals surface area (Å²) in [5, 5.41) is 5.95. The Kier molecular flexibility index (Phi) is 4.38. The number of carbonyl (C=O) groups is 2. The third-order valence-electron chi connectivity index (χ3n) is 4.77. The van der Waals surface area contributed by atoms with E-state index < -0.39 is 5.41 Å². The summed E-state index contributed by atoms with van der Waals surface area (Å²) in [6, 6.07) is 15.7. The van der Waals surface area contributed by atoms with Crippen molar-refractivity contribution in [2.24, 2.45) is 0 Å². The summed E-state index contributed by atoms with van der Waals surface area (Å²) in [6.45, 7) is 4.31. The lowest BCUT2D eigenvalue weighted by Gasteiger charge is -2.36. The molecule has 0 saturated carbocycles. The first-order chi connectivity index (χ1) is 11.5. The van der Waals surface area contributed by atoms with Gasteiger partial charge in [0, 0.05) is 18.7 Å². The van der Waals surface area contributed by atoms with E-state index in [4.69, 9.17) is 0 Å². The molecule has 1 unspecified atom stereocenters. The monoisotopic (exact) mass is 322 g/mol. The van der Waals surface area contributed by atoms with Gasteiger partial charge in [-0.3, -0.25) is 9.59 Å². The standard InChI is InChI=1S/C20H22N2O2/c1-14-8-9-15(2)17(12-14)22-19(24)20(11-10-18(23)21-13-20)16-6-4-3-5-7-16/h3-9,12H,10-11,13H2,1-2H3,(H,21,23)(H,22,24). The molecule has 24 heavy (non-hydrogen) atoms. The maximum Gasteiger partial charge on any atom is 0.236 e. The Morgan fingerprint density at radius 1 is 1.12 bits per heavy atom. The lowest BCUT2D eigenvalue weighted by molar-refractivity contribution is -0.127. The van der Waals surface area contributed by atoms with Gasteiger partial charge >= 0.3 is 0 Å². The summed E-state index contributed by atoms with van der Waals surface area (Å²) in [5.41, 5.74) is 3.16. The zero-order valence-corrected chi connectivity index (χ0v) is 14.1. The van der Waals surface area contributed by atoms with Crippen LogP contribution in [0.2, 0.25) is 0 Å². The lowest BCUT2D eigenvalue weighted by Crippen LogP contribution is -2.53. The Balaban J connectivity index is 1.95. The van der Waals surface area contributed by atoms with Crippen molar-refractivity contribution in [2.75, 3.05) is 11.9 Å². The molecule has 0 aliphatic carbocycles. The largest absolute Gasteiger partial charge is 0.355 e. The number of anilines is 1. The second kappa shape index (κ2) is 6.48. The number of carbonyl (C=O) groups excluding carboxylic acids is 2. The second-order valence-corrected chi connectivity index (χ2v) is 6.50. The van der Waals surface area contributed by atoms with Crippen LogP contribution in [0.15, 0.2) is 48.5 Å². The average molecular weight is 322 g/mol. The molecule has 0 bridgehead atoms. The van der Waals surface area contributed by atoms with Crippen LogP contribution in [0.25, 0.3) is 0 Å². The molecule has 2 amide bonds. The van der Waals surface area contributed by atoms with Gasteiger partial charge in [0.15, 0.2) is 0 Å². The average Bonchev–Trinajstić information content (AvgIpc) is 2.60. The zero-order valence-electron chi connectivity index (χ0n) is 14.1. The summed E-state index contributed by atoms with van der Waals surface area (Å²) in [5.74, 6) is -0.0662. The van der Waals surface area contributed by atoms with E-state index in [0.29, 0.717) is 19.4 Å². The number of hydrogen-bond acceptors (Lipinski definition) is 2. The molecule has 4 nitrogen and oxygen atoms in total. The molecule has 2 aromatic carbocycles. The fraction of sp³-hybridized carbons (Fsp3) is 0.300. The SMILES string of the molecule is Cc1ccc(C)c(NC(=O)C2(c3ccccc3)CCC(=O)NC2)c1. The molecular formula is C20H22N2O2. The Morgan fingerprint density at radius 3 is 2.54 bits per heavy atom. The van der Waals surface area contributed by atoms with Gasteiger partial charge in [0.2, 0.25) is 11.8 Å². The Bertz CT molecular complexity index is 758. The molecule has 124 valence electrons. The summed E-state index contributed by atoms with van der Waals surface area (Å²) in [4.78, 5) is 24.8. The minimum absolute atomic E-state index is 0.00101. The maximum absolute atomic E-state index is 13.2. The fourth-order valence-corrected chi connectivity index (χ4v) is 3.19. The van der Waals surface area contributed by atoms with Crippen molar-refractivity contribution in [1.29, 1.82) is 0 Å². The lowest BCUT2D eigenvalue weighted by atomic mass is 9.73. The predicted octanol–water partition coefficient (Wildman–Crippen LogP) is 3.09. The number of amides is 2. The van der Waals surface area contributed by atoms with Gasteiger partial charge in [-0.15, -0.1) is 0 Å². The van der Waals surface area contributed by atoms with Crippen molar-refractivity contribution < 1.29 is 9.59 Å². The van der Waals surface area contributed by atoms with Gasteiger partial charge in [-0.05, 0) is 43.0 Å². The van der Waals surface area contributed by atoms with Gasteiger partial charge in [-0.25, -0.2) is 0 Å². The van der Waals surface area contributed by atoms with Crippen molar-refractivity contribution in [1.82, 2.24) is 5.32 Å². The summed E-state index contributed by atoms with van der Waals surface area (Å²) < 4.78 is 0.